The molecule has 22 heavy (non-hydrogen) atoms. The molecule has 0 bridgehead atoms. The van der Waals surface area contributed by atoms with Crippen LogP contribution in [0.3, 0.4) is 0 Å². The van der Waals surface area contributed by atoms with Crippen molar-refractivity contribution in [3.63, 3.8) is 0 Å². The largest absolute Gasteiger partial charge is 0.368 e. The minimum atomic E-state index is -0.538. The predicted octanol–water partition coefficient (Wildman–Crippen LogP) is 0.974. The first-order valence-electron chi connectivity index (χ1n) is 7.48. The topological polar surface area (TPSA) is 89.4 Å². The summed E-state index contributed by atoms with van der Waals surface area (Å²) in [6, 6.07) is 7.47. The standard InChI is InChI=1S/C16H21N3O2.ClH/c17-13-6-5-11(7-13)16(21)19-9-12-4-2-1-3-10(12)8-14(19)15(18)20;/h1-4,11,13-14H,5-9,17H2,(H2,18,20);1H. The Morgan fingerprint density at radius 1 is 1.14 bits per heavy atom. The summed E-state index contributed by atoms with van der Waals surface area (Å²) in [5, 5.41) is 0. The van der Waals surface area contributed by atoms with E-state index >= 15 is 0 Å². The van der Waals surface area contributed by atoms with Gasteiger partial charge >= 0.3 is 0 Å². The second-order valence-corrected chi connectivity index (χ2v) is 6.13. The third kappa shape index (κ3) is 3.10. The Bertz CT molecular complexity index is 578. The molecule has 1 aromatic carbocycles. The summed E-state index contributed by atoms with van der Waals surface area (Å²) in [4.78, 5) is 26.2. The number of rotatable bonds is 2. The lowest BCUT2D eigenvalue weighted by Crippen LogP contribution is -2.52. The molecule has 1 aliphatic heterocycles. The van der Waals surface area contributed by atoms with Gasteiger partial charge in [-0.2, -0.15) is 0 Å². The summed E-state index contributed by atoms with van der Waals surface area (Å²) < 4.78 is 0. The van der Waals surface area contributed by atoms with Gasteiger partial charge in [0, 0.05) is 24.9 Å². The zero-order chi connectivity index (χ0) is 15.0. The van der Waals surface area contributed by atoms with Crippen molar-refractivity contribution in [2.24, 2.45) is 17.4 Å². The van der Waals surface area contributed by atoms with Gasteiger partial charge < -0.3 is 16.4 Å². The number of halogens is 1. The van der Waals surface area contributed by atoms with Crippen LogP contribution in [-0.4, -0.2) is 28.8 Å². The molecular weight excluding hydrogens is 302 g/mol. The molecule has 3 unspecified atom stereocenters. The summed E-state index contributed by atoms with van der Waals surface area (Å²) in [6.07, 6.45) is 2.91. The van der Waals surface area contributed by atoms with E-state index in [0.29, 0.717) is 19.4 Å². The summed E-state index contributed by atoms with van der Waals surface area (Å²) in [5.74, 6) is -0.464. The number of benzene rings is 1. The molecule has 4 N–H and O–H groups in total. The van der Waals surface area contributed by atoms with E-state index in [9.17, 15) is 9.59 Å². The fourth-order valence-corrected chi connectivity index (χ4v) is 3.48. The highest BCUT2D eigenvalue weighted by Gasteiger charge is 2.38. The average molecular weight is 324 g/mol. The van der Waals surface area contributed by atoms with Crippen molar-refractivity contribution in [1.82, 2.24) is 4.90 Å². The number of fused-ring (bicyclic) bond motifs is 1. The van der Waals surface area contributed by atoms with E-state index in [4.69, 9.17) is 11.5 Å². The van der Waals surface area contributed by atoms with Gasteiger partial charge in [0.05, 0.1) is 0 Å². The van der Waals surface area contributed by atoms with Crippen LogP contribution in [0.2, 0.25) is 0 Å². The number of nitrogens with zero attached hydrogens (tertiary/aromatic N) is 1. The summed E-state index contributed by atoms with van der Waals surface area (Å²) in [6.45, 7) is 0.467. The number of carbonyl (C=O) groups is 2. The van der Waals surface area contributed by atoms with E-state index in [1.807, 2.05) is 24.3 Å². The van der Waals surface area contributed by atoms with Gasteiger partial charge in [0.1, 0.15) is 6.04 Å². The van der Waals surface area contributed by atoms with Crippen molar-refractivity contribution < 1.29 is 9.59 Å². The highest BCUT2D eigenvalue weighted by Crippen LogP contribution is 2.30. The zero-order valence-electron chi connectivity index (χ0n) is 12.4. The molecule has 0 radical (unpaired) electrons. The van der Waals surface area contributed by atoms with E-state index in [-0.39, 0.29) is 30.3 Å². The van der Waals surface area contributed by atoms with Crippen molar-refractivity contribution in [3.05, 3.63) is 35.4 Å². The maximum absolute atomic E-state index is 12.7. The second-order valence-electron chi connectivity index (χ2n) is 6.13. The minimum Gasteiger partial charge on any atom is -0.368 e. The third-order valence-corrected chi connectivity index (χ3v) is 4.68. The van der Waals surface area contributed by atoms with Gasteiger partial charge in [-0.25, -0.2) is 0 Å². The Balaban J connectivity index is 0.00000176. The summed E-state index contributed by atoms with van der Waals surface area (Å²) in [7, 11) is 0. The van der Waals surface area contributed by atoms with Crippen LogP contribution in [-0.2, 0) is 22.6 Å². The Hall–Kier alpha value is -1.59. The highest BCUT2D eigenvalue weighted by atomic mass is 35.5. The summed E-state index contributed by atoms with van der Waals surface area (Å²) in [5.41, 5.74) is 13.6. The number of hydrogen-bond donors (Lipinski definition) is 2. The lowest BCUT2D eigenvalue weighted by molar-refractivity contribution is -0.144. The van der Waals surface area contributed by atoms with E-state index in [2.05, 4.69) is 0 Å². The molecule has 0 spiro atoms. The molecule has 3 atom stereocenters. The maximum atomic E-state index is 12.7. The molecular formula is C16H22ClN3O2. The molecule has 2 aliphatic rings. The van der Waals surface area contributed by atoms with Gasteiger partial charge in [-0.05, 0) is 30.4 Å². The first kappa shape index (κ1) is 16.8. The molecule has 1 heterocycles. The maximum Gasteiger partial charge on any atom is 0.240 e. The van der Waals surface area contributed by atoms with Crippen LogP contribution >= 0.6 is 12.4 Å². The van der Waals surface area contributed by atoms with E-state index in [0.717, 1.165) is 24.0 Å². The normalized spacial score (nSPS) is 27.0. The first-order valence-corrected chi connectivity index (χ1v) is 7.48. The molecule has 0 aromatic heterocycles. The van der Waals surface area contributed by atoms with Crippen LogP contribution in [0, 0.1) is 5.92 Å². The molecule has 1 aromatic rings. The SMILES string of the molecule is Cl.NC(=O)C1Cc2ccccc2CN1C(=O)C1CCC(N)C1. The van der Waals surface area contributed by atoms with Crippen molar-refractivity contribution in [3.8, 4) is 0 Å². The average Bonchev–Trinajstić information content (AvgIpc) is 2.91. The van der Waals surface area contributed by atoms with Gasteiger partial charge in [0.2, 0.25) is 11.8 Å². The summed E-state index contributed by atoms with van der Waals surface area (Å²) >= 11 is 0. The molecule has 5 nitrogen and oxygen atoms in total. The van der Waals surface area contributed by atoms with Crippen LogP contribution < -0.4 is 11.5 Å². The zero-order valence-corrected chi connectivity index (χ0v) is 13.2. The van der Waals surface area contributed by atoms with Gasteiger partial charge in [0.15, 0.2) is 0 Å². The Labute approximate surface area is 136 Å². The van der Waals surface area contributed by atoms with Crippen LogP contribution in [0.1, 0.15) is 30.4 Å². The van der Waals surface area contributed by atoms with Crippen molar-refractivity contribution in [2.75, 3.05) is 0 Å². The number of amides is 2. The van der Waals surface area contributed by atoms with E-state index < -0.39 is 11.9 Å². The minimum absolute atomic E-state index is 0. The molecule has 1 saturated carbocycles. The van der Waals surface area contributed by atoms with Crippen molar-refractivity contribution in [1.29, 1.82) is 0 Å². The Morgan fingerprint density at radius 3 is 2.41 bits per heavy atom. The molecule has 1 fully saturated rings. The van der Waals surface area contributed by atoms with Gasteiger partial charge in [-0.1, -0.05) is 24.3 Å². The molecule has 3 rings (SSSR count). The molecule has 120 valence electrons. The third-order valence-electron chi connectivity index (χ3n) is 4.68. The van der Waals surface area contributed by atoms with E-state index in [1.54, 1.807) is 4.90 Å². The fourth-order valence-electron chi connectivity index (χ4n) is 3.48. The van der Waals surface area contributed by atoms with Gasteiger partial charge in [-0.3, -0.25) is 9.59 Å². The molecule has 1 aliphatic carbocycles. The number of hydrogen-bond acceptors (Lipinski definition) is 3. The second kappa shape index (κ2) is 6.67. The lowest BCUT2D eigenvalue weighted by Gasteiger charge is -2.36. The fraction of sp³-hybridized carbons (Fsp3) is 0.500. The number of primary amides is 1. The molecule has 6 heteroatoms. The van der Waals surface area contributed by atoms with Crippen LogP contribution in [0.25, 0.3) is 0 Å². The van der Waals surface area contributed by atoms with Crippen molar-refractivity contribution in [2.45, 2.75) is 44.3 Å². The smallest absolute Gasteiger partial charge is 0.240 e. The van der Waals surface area contributed by atoms with Crippen LogP contribution in [0.5, 0.6) is 0 Å². The predicted molar refractivity (Wildman–Crippen MR) is 86.2 cm³/mol. The molecule has 2 amide bonds. The highest BCUT2D eigenvalue weighted by molar-refractivity contribution is 5.88. The van der Waals surface area contributed by atoms with Gasteiger partial charge in [0.25, 0.3) is 0 Å². The number of carbonyl (C=O) groups excluding carboxylic acids is 2. The van der Waals surface area contributed by atoms with E-state index in [1.165, 1.54) is 0 Å². The van der Waals surface area contributed by atoms with Crippen LogP contribution in [0.15, 0.2) is 24.3 Å². The lowest BCUT2D eigenvalue weighted by atomic mass is 9.92. The monoisotopic (exact) mass is 323 g/mol. The molecule has 0 saturated heterocycles. The quantitative estimate of drug-likeness (QED) is 0.850. The Kier molecular flexibility index (Phi) is 5.08. The number of nitrogens with two attached hydrogens (primary N) is 2. The van der Waals surface area contributed by atoms with Crippen molar-refractivity contribution >= 4 is 24.2 Å². The first-order chi connectivity index (χ1) is 10.1. The van der Waals surface area contributed by atoms with Crippen LogP contribution in [0.4, 0.5) is 0 Å². The van der Waals surface area contributed by atoms with Gasteiger partial charge in [-0.15, -0.1) is 12.4 Å². The Morgan fingerprint density at radius 2 is 1.82 bits per heavy atom.